The molecular weight excluding hydrogens is 396 g/mol. The van der Waals surface area contributed by atoms with Crippen molar-refractivity contribution in [2.45, 2.75) is 45.4 Å². The molecule has 0 aliphatic carbocycles. The summed E-state index contributed by atoms with van der Waals surface area (Å²) < 4.78 is 13.2. The minimum absolute atomic E-state index is 0.104. The van der Waals surface area contributed by atoms with Crippen molar-refractivity contribution in [2.75, 3.05) is 32.9 Å². The van der Waals surface area contributed by atoms with E-state index in [-0.39, 0.29) is 17.7 Å². The molecule has 2 aromatic heterocycles. The van der Waals surface area contributed by atoms with Crippen LogP contribution in [0.3, 0.4) is 0 Å². The molecule has 2 unspecified atom stereocenters. The summed E-state index contributed by atoms with van der Waals surface area (Å²) >= 11 is 0. The van der Waals surface area contributed by atoms with Gasteiger partial charge in [0.25, 0.3) is 5.56 Å². The van der Waals surface area contributed by atoms with Gasteiger partial charge in [0.1, 0.15) is 6.04 Å². The normalized spacial score (nSPS) is 21.0. The number of tetrazole rings is 1. The van der Waals surface area contributed by atoms with Crippen molar-refractivity contribution in [1.82, 2.24) is 30.1 Å². The van der Waals surface area contributed by atoms with E-state index in [1.807, 2.05) is 13.0 Å². The minimum Gasteiger partial charge on any atom is -0.379 e. The second-order valence-electron chi connectivity index (χ2n) is 8.50. The summed E-state index contributed by atoms with van der Waals surface area (Å²) in [7, 11) is 0. The smallest absolute Gasteiger partial charge is 0.253 e. The summed E-state index contributed by atoms with van der Waals surface area (Å²) in [6.07, 6.45) is 2.15. The SMILES string of the molecule is Cc1cc(C)c2[nH]c(=O)c(C(c3nnnn3CC3CCCO3)N3CCOCC3)cc2c1. The lowest BCUT2D eigenvalue weighted by atomic mass is 10.0. The van der Waals surface area contributed by atoms with Crippen LogP contribution in [0.25, 0.3) is 10.9 Å². The van der Waals surface area contributed by atoms with Crippen LogP contribution in [-0.2, 0) is 16.0 Å². The van der Waals surface area contributed by atoms with E-state index >= 15 is 0 Å². The highest BCUT2D eigenvalue weighted by Crippen LogP contribution is 2.29. The van der Waals surface area contributed by atoms with Gasteiger partial charge in [0.15, 0.2) is 5.82 Å². The number of morpholine rings is 1. The Kier molecular flexibility index (Phi) is 5.56. The van der Waals surface area contributed by atoms with Gasteiger partial charge in [-0.3, -0.25) is 9.69 Å². The third-order valence-electron chi connectivity index (χ3n) is 6.23. The van der Waals surface area contributed by atoms with Gasteiger partial charge in [0.05, 0.1) is 31.4 Å². The third kappa shape index (κ3) is 4.00. The molecule has 164 valence electrons. The summed E-state index contributed by atoms with van der Waals surface area (Å²) in [5.74, 6) is 0.673. The molecule has 0 saturated carbocycles. The van der Waals surface area contributed by atoms with Gasteiger partial charge in [-0.05, 0) is 60.2 Å². The number of hydrogen-bond acceptors (Lipinski definition) is 7. The molecule has 3 aromatic rings. The second kappa shape index (κ2) is 8.49. The molecule has 9 nitrogen and oxygen atoms in total. The largest absolute Gasteiger partial charge is 0.379 e. The number of rotatable bonds is 5. The predicted molar refractivity (Wildman–Crippen MR) is 115 cm³/mol. The van der Waals surface area contributed by atoms with Crippen LogP contribution < -0.4 is 5.56 Å². The number of aryl methyl sites for hydroxylation is 2. The molecule has 5 rings (SSSR count). The van der Waals surface area contributed by atoms with E-state index in [9.17, 15) is 4.79 Å². The fourth-order valence-electron chi connectivity index (χ4n) is 4.76. The van der Waals surface area contributed by atoms with Crippen LogP contribution in [0.1, 0.15) is 41.4 Å². The zero-order chi connectivity index (χ0) is 21.4. The van der Waals surface area contributed by atoms with Crippen molar-refractivity contribution in [3.63, 3.8) is 0 Å². The summed E-state index contributed by atoms with van der Waals surface area (Å²) in [4.78, 5) is 18.6. The maximum atomic E-state index is 13.3. The minimum atomic E-state index is -0.353. The van der Waals surface area contributed by atoms with Crippen LogP contribution >= 0.6 is 0 Å². The average molecular weight is 425 g/mol. The topological polar surface area (TPSA) is 98.2 Å². The van der Waals surface area contributed by atoms with Crippen molar-refractivity contribution in [1.29, 1.82) is 0 Å². The van der Waals surface area contributed by atoms with Gasteiger partial charge in [0.2, 0.25) is 0 Å². The molecule has 31 heavy (non-hydrogen) atoms. The van der Waals surface area contributed by atoms with Gasteiger partial charge in [0, 0.05) is 25.3 Å². The fourth-order valence-corrected chi connectivity index (χ4v) is 4.76. The van der Waals surface area contributed by atoms with Crippen LogP contribution in [0.5, 0.6) is 0 Å². The zero-order valence-electron chi connectivity index (χ0n) is 18.0. The molecule has 2 saturated heterocycles. The molecule has 0 radical (unpaired) electrons. The monoisotopic (exact) mass is 424 g/mol. The van der Waals surface area contributed by atoms with E-state index < -0.39 is 0 Å². The Morgan fingerprint density at radius 3 is 2.81 bits per heavy atom. The van der Waals surface area contributed by atoms with Gasteiger partial charge in [-0.25, -0.2) is 4.68 Å². The van der Waals surface area contributed by atoms with Gasteiger partial charge in [-0.2, -0.15) is 0 Å². The first-order valence-corrected chi connectivity index (χ1v) is 10.9. The summed E-state index contributed by atoms with van der Waals surface area (Å²) in [6, 6.07) is 5.83. The van der Waals surface area contributed by atoms with Crippen molar-refractivity contribution in [3.8, 4) is 0 Å². The van der Waals surface area contributed by atoms with Gasteiger partial charge < -0.3 is 14.5 Å². The molecule has 0 amide bonds. The van der Waals surface area contributed by atoms with E-state index in [1.54, 1.807) is 4.68 Å². The van der Waals surface area contributed by atoms with Crippen LogP contribution in [0.2, 0.25) is 0 Å². The molecule has 4 heterocycles. The number of aromatic nitrogens is 5. The Bertz CT molecular complexity index is 1130. The van der Waals surface area contributed by atoms with Crippen LogP contribution in [0.4, 0.5) is 0 Å². The second-order valence-corrected chi connectivity index (χ2v) is 8.50. The molecule has 2 aliphatic heterocycles. The van der Waals surface area contributed by atoms with Gasteiger partial charge >= 0.3 is 0 Å². The van der Waals surface area contributed by atoms with E-state index in [0.717, 1.165) is 41.5 Å². The highest BCUT2D eigenvalue weighted by molar-refractivity contribution is 5.83. The highest BCUT2D eigenvalue weighted by Gasteiger charge is 2.32. The molecule has 1 aromatic carbocycles. The van der Waals surface area contributed by atoms with Crippen molar-refractivity contribution < 1.29 is 9.47 Å². The number of nitrogens with zero attached hydrogens (tertiary/aromatic N) is 5. The Morgan fingerprint density at radius 1 is 1.19 bits per heavy atom. The summed E-state index contributed by atoms with van der Waals surface area (Å²) in [5.41, 5.74) is 3.64. The highest BCUT2D eigenvalue weighted by atomic mass is 16.5. The molecule has 2 aliphatic rings. The third-order valence-corrected chi connectivity index (χ3v) is 6.23. The number of hydrogen-bond donors (Lipinski definition) is 1. The molecule has 0 bridgehead atoms. The number of fused-ring (bicyclic) bond motifs is 1. The quantitative estimate of drug-likeness (QED) is 0.666. The maximum Gasteiger partial charge on any atom is 0.253 e. The number of benzene rings is 1. The lowest BCUT2D eigenvalue weighted by Gasteiger charge is -2.33. The molecular formula is C22H28N6O3. The van der Waals surface area contributed by atoms with E-state index in [0.29, 0.717) is 44.2 Å². The number of ether oxygens (including phenoxy) is 2. The fraction of sp³-hybridized carbons (Fsp3) is 0.545. The lowest BCUT2D eigenvalue weighted by Crippen LogP contribution is -2.42. The first-order valence-electron chi connectivity index (χ1n) is 10.9. The Labute approximate surface area is 180 Å². The number of H-pyrrole nitrogens is 1. The van der Waals surface area contributed by atoms with Crippen LogP contribution in [0, 0.1) is 13.8 Å². The maximum absolute atomic E-state index is 13.3. The number of aromatic amines is 1. The molecule has 9 heteroatoms. The summed E-state index contributed by atoms with van der Waals surface area (Å²) in [6.45, 7) is 8.11. The predicted octanol–water partition coefficient (Wildman–Crippen LogP) is 1.73. The van der Waals surface area contributed by atoms with Crippen molar-refractivity contribution >= 4 is 10.9 Å². The van der Waals surface area contributed by atoms with E-state index in [2.05, 4.69) is 44.5 Å². The first-order chi connectivity index (χ1) is 15.1. The number of nitrogens with one attached hydrogen (secondary N) is 1. The average Bonchev–Trinajstić information content (AvgIpc) is 3.43. The van der Waals surface area contributed by atoms with Gasteiger partial charge in [-0.1, -0.05) is 11.6 Å². The molecule has 2 fully saturated rings. The molecule has 2 atom stereocenters. The van der Waals surface area contributed by atoms with Crippen LogP contribution in [0.15, 0.2) is 23.0 Å². The first kappa shape index (κ1) is 20.3. The Hall–Kier alpha value is -2.62. The number of pyridine rings is 1. The van der Waals surface area contributed by atoms with Gasteiger partial charge in [-0.15, -0.1) is 5.10 Å². The molecule has 1 N–H and O–H groups in total. The Morgan fingerprint density at radius 2 is 2.03 bits per heavy atom. The summed E-state index contributed by atoms with van der Waals surface area (Å²) in [5, 5.41) is 13.6. The van der Waals surface area contributed by atoms with E-state index in [1.165, 1.54) is 0 Å². The lowest BCUT2D eigenvalue weighted by molar-refractivity contribution is 0.0205. The van der Waals surface area contributed by atoms with Crippen LogP contribution in [-0.4, -0.2) is 69.1 Å². The van der Waals surface area contributed by atoms with Crippen molar-refractivity contribution in [3.05, 3.63) is 51.1 Å². The van der Waals surface area contributed by atoms with Crippen molar-refractivity contribution in [2.24, 2.45) is 0 Å². The zero-order valence-corrected chi connectivity index (χ0v) is 18.0. The molecule has 0 spiro atoms. The van der Waals surface area contributed by atoms with E-state index in [4.69, 9.17) is 9.47 Å². The Balaban J connectivity index is 1.62. The standard InChI is InChI=1S/C22H28N6O3/c1-14-10-15(2)19-16(11-14)12-18(22(29)23-19)20(27-5-8-30-9-6-27)21-24-25-26-28(21)13-17-4-3-7-31-17/h10-12,17,20H,3-9,13H2,1-2H3,(H,23,29).